The van der Waals surface area contributed by atoms with Crippen molar-refractivity contribution in [1.82, 2.24) is 5.32 Å². The number of carbonyl (C=O) groups is 1. The number of nitrogens with one attached hydrogen (secondary N) is 2. The summed E-state index contributed by atoms with van der Waals surface area (Å²) in [7, 11) is 1.63. The third-order valence-corrected chi connectivity index (χ3v) is 3.63. The standard InChI is InChI=1S/C20H26N2O3/c1-24-15-13-21-16-20(23)22-18-9-11-19(12-10-18)25-14-5-8-17-6-3-2-4-7-17/h2-4,6-7,9-12,21H,5,8,13-16H2,1H3,(H,22,23). The Balaban J connectivity index is 1.64. The molecule has 2 rings (SSSR count). The summed E-state index contributed by atoms with van der Waals surface area (Å²) in [4.78, 5) is 11.8. The lowest BCUT2D eigenvalue weighted by molar-refractivity contribution is -0.115. The fourth-order valence-electron chi connectivity index (χ4n) is 2.33. The molecular weight excluding hydrogens is 316 g/mol. The second-order valence-electron chi connectivity index (χ2n) is 5.68. The highest BCUT2D eigenvalue weighted by molar-refractivity contribution is 5.92. The number of ether oxygens (including phenoxy) is 2. The molecule has 5 nitrogen and oxygen atoms in total. The number of hydrogen-bond acceptors (Lipinski definition) is 4. The quantitative estimate of drug-likeness (QED) is 0.617. The van der Waals surface area contributed by atoms with Gasteiger partial charge in [0.15, 0.2) is 0 Å². The zero-order valence-electron chi connectivity index (χ0n) is 14.7. The SMILES string of the molecule is COCCNCC(=O)Nc1ccc(OCCCc2ccccc2)cc1. The first-order chi connectivity index (χ1) is 12.3. The van der Waals surface area contributed by atoms with E-state index in [2.05, 4.69) is 34.9 Å². The van der Waals surface area contributed by atoms with E-state index in [9.17, 15) is 4.79 Å². The van der Waals surface area contributed by atoms with Gasteiger partial charge in [0.1, 0.15) is 5.75 Å². The molecule has 0 bridgehead atoms. The highest BCUT2D eigenvalue weighted by Gasteiger charge is 2.02. The van der Waals surface area contributed by atoms with Crippen molar-refractivity contribution in [2.75, 3.05) is 38.7 Å². The Bertz CT molecular complexity index is 615. The van der Waals surface area contributed by atoms with E-state index in [1.165, 1.54) is 5.56 Å². The highest BCUT2D eigenvalue weighted by atomic mass is 16.5. The van der Waals surface area contributed by atoms with Crippen molar-refractivity contribution in [3.63, 3.8) is 0 Å². The van der Waals surface area contributed by atoms with Gasteiger partial charge in [-0.15, -0.1) is 0 Å². The minimum atomic E-state index is -0.0763. The maximum Gasteiger partial charge on any atom is 0.238 e. The van der Waals surface area contributed by atoms with Crippen LogP contribution >= 0.6 is 0 Å². The topological polar surface area (TPSA) is 59.6 Å². The number of amides is 1. The molecule has 2 aromatic rings. The zero-order valence-corrected chi connectivity index (χ0v) is 14.7. The number of anilines is 1. The van der Waals surface area contributed by atoms with Crippen LogP contribution in [0.3, 0.4) is 0 Å². The zero-order chi connectivity index (χ0) is 17.7. The summed E-state index contributed by atoms with van der Waals surface area (Å²) < 4.78 is 10.7. The smallest absolute Gasteiger partial charge is 0.238 e. The van der Waals surface area contributed by atoms with Crippen LogP contribution in [0, 0.1) is 0 Å². The second-order valence-corrected chi connectivity index (χ2v) is 5.68. The van der Waals surface area contributed by atoms with Crippen LogP contribution in [-0.2, 0) is 16.0 Å². The fourth-order valence-corrected chi connectivity index (χ4v) is 2.33. The molecule has 0 aromatic heterocycles. The van der Waals surface area contributed by atoms with Crippen molar-refractivity contribution in [3.05, 3.63) is 60.2 Å². The molecule has 0 atom stereocenters. The Labute approximate surface area is 149 Å². The van der Waals surface area contributed by atoms with Crippen molar-refractivity contribution in [1.29, 1.82) is 0 Å². The van der Waals surface area contributed by atoms with Crippen molar-refractivity contribution in [3.8, 4) is 5.75 Å². The van der Waals surface area contributed by atoms with Gasteiger partial charge in [0.25, 0.3) is 0 Å². The van der Waals surface area contributed by atoms with Crippen LogP contribution in [0.25, 0.3) is 0 Å². The summed E-state index contributed by atoms with van der Waals surface area (Å²) in [5, 5.41) is 5.84. The molecule has 2 aromatic carbocycles. The molecule has 0 heterocycles. The summed E-state index contributed by atoms with van der Waals surface area (Å²) in [6, 6.07) is 17.8. The summed E-state index contributed by atoms with van der Waals surface area (Å²) in [5.41, 5.74) is 2.08. The first-order valence-electron chi connectivity index (χ1n) is 8.54. The average molecular weight is 342 g/mol. The van der Waals surface area contributed by atoms with E-state index in [4.69, 9.17) is 9.47 Å². The average Bonchev–Trinajstić information content (AvgIpc) is 2.65. The van der Waals surface area contributed by atoms with Gasteiger partial charge in [0.2, 0.25) is 5.91 Å². The normalized spacial score (nSPS) is 10.4. The Hall–Kier alpha value is -2.37. The van der Waals surface area contributed by atoms with Gasteiger partial charge in [-0.05, 0) is 42.7 Å². The van der Waals surface area contributed by atoms with Gasteiger partial charge < -0.3 is 20.1 Å². The van der Waals surface area contributed by atoms with Crippen LogP contribution in [0.1, 0.15) is 12.0 Å². The molecule has 0 saturated heterocycles. The Morgan fingerprint density at radius 2 is 1.76 bits per heavy atom. The fraction of sp³-hybridized carbons (Fsp3) is 0.350. The van der Waals surface area contributed by atoms with E-state index in [1.54, 1.807) is 7.11 Å². The third kappa shape index (κ3) is 7.83. The van der Waals surface area contributed by atoms with Crippen molar-refractivity contribution in [2.45, 2.75) is 12.8 Å². The summed E-state index contributed by atoms with van der Waals surface area (Å²) >= 11 is 0. The number of aryl methyl sites for hydroxylation is 1. The molecule has 0 fully saturated rings. The van der Waals surface area contributed by atoms with Gasteiger partial charge >= 0.3 is 0 Å². The van der Waals surface area contributed by atoms with Gasteiger partial charge in [-0.25, -0.2) is 0 Å². The molecular formula is C20H26N2O3. The molecule has 0 aliphatic heterocycles. The van der Waals surface area contributed by atoms with Crippen molar-refractivity contribution < 1.29 is 14.3 Å². The Morgan fingerprint density at radius 3 is 2.48 bits per heavy atom. The van der Waals surface area contributed by atoms with Gasteiger partial charge in [-0.1, -0.05) is 30.3 Å². The third-order valence-electron chi connectivity index (χ3n) is 3.63. The molecule has 2 N–H and O–H groups in total. The van der Waals surface area contributed by atoms with Gasteiger partial charge in [-0.3, -0.25) is 4.79 Å². The molecule has 0 saturated carbocycles. The lowest BCUT2D eigenvalue weighted by atomic mass is 10.1. The van der Waals surface area contributed by atoms with Crippen LogP contribution in [0.4, 0.5) is 5.69 Å². The van der Waals surface area contributed by atoms with E-state index in [1.807, 2.05) is 30.3 Å². The number of methoxy groups -OCH3 is 1. The molecule has 1 amide bonds. The second kappa shape index (κ2) is 11.2. The number of carbonyl (C=O) groups excluding carboxylic acids is 1. The van der Waals surface area contributed by atoms with Crippen LogP contribution in [0.5, 0.6) is 5.75 Å². The maximum absolute atomic E-state index is 11.8. The summed E-state index contributed by atoms with van der Waals surface area (Å²) in [6.07, 6.45) is 1.97. The molecule has 0 unspecified atom stereocenters. The van der Waals surface area contributed by atoms with E-state index in [0.29, 0.717) is 19.8 Å². The van der Waals surface area contributed by atoms with E-state index in [0.717, 1.165) is 24.3 Å². The molecule has 134 valence electrons. The molecule has 0 aliphatic rings. The van der Waals surface area contributed by atoms with Crippen LogP contribution in [0.15, 0.2) is 54.6 Å². The minimum Gasteiger partial charge on any atom is -0.494 e. The highest BCUT2D eigenvalue weighted by Crippen LogP contribution is 2.16. The Kier molecular flexibility index (Phi) is 8.52. The van der Waals surface area contributed by atoms with Crippen molar-refractivity contribution in [2.24, 2.45) is 0 Å². The number of benzene rings is 2. The van der Waals surface area contributed by atoms with Crippen molar-refractivity contribution >= 4 is 11.6 Å². The van der Waals surface area contributed by atoms with E-state index >= 15 is 0 Å². The lowest BCUT2D eigenvalue weighted by Crippen LogP contribution is -2.30. The first kappa shape index (κ1) is 19.0. The molecule has 0 radical (unpaired) electrons. The predicted molar refractivity (Wildman–Crippen MR) is 100 cm³/mol. The molecule has 25 heavy (non-hydrogen) atoms. The minimum absolute atomic E-state index is 0.0763. The lowest BCUT2D eigenvalue weighted by Gasteiger charge is -2.09. The van der Waals surface area contributed by atoms with Gasteiger partial charge in [0, 0.05) is 19.3 Å². The summed E-state index contributed by atoms with van der Waals surface area (Å²) in [5.74, 6) is 0.733. The van der Waals surface area contributed by atoms with Gasteiger partial charge in [-0.2, -0.15) is 0 Å². The van der Waals surface area contributed by atoms with Gasteiger partial charge in [0.05, 0.1) is 19.8 Å². The number of rotatable bonds is 11. The largest absolute Gasteiger partial charge is 0.494 e. The van der Waals surface area contributed by atoms with E-state index < -0.39 is 0 Å². The predicted octanol–water partition coefficient (Wildman–Crippen LogP) is 2.87. The van der Waals surface area contributed by atoms with E-state index in [-0.39, 0.29) is 12.5 Å². The first-order valence-corrected chi connectivity index (χ1v) is 8.54. The molecule has 0 aliphatic carbocycles. The monoisotopic (exact) mass is 342 g/mol. The molecule has 0 spiro atoms. The maximum atomic E-state index is 11.8. The van der Waals surface area contributed by atoms with Crippen LogP contribution in [-0.4, -0.2) is 39.3 Å². The summed E-state index contributed by atoms with van der Waals surface area (Å²) in [6.45, 7) is 2.17. The number of hydrogen-bond donors (Lipinski definition) is 2. The van der Waals surface area contributed by atoms with Crippen LogP contribution in [0.2, 0.25) is 0 Å². The van der Waals surface area contributed by atoms with Crippen LogP contribution < -0.4 is 15.4 Å². The Morgan fingerprint density at radius 1 is 1.00 bits per heavy atom. The molecule has 5 heteroatoms.